The van der Waals surface area contributed by atoms with Gasteiger partial charge in [0.1, 0.15) is 0 Å². The Bertz CT molecular complexity index is 335. The summed E-state index contributed by atoms with van der Waals surface area (Å²) in [5, 5.41) is 3.59. The number of fused-ring (bicyclic) bond motifs is 1. The first-order chi connectivity index (χ1) is 7.06. The van der Waals surface area contributed by atoms with Gasteiger partial charge in [-0.3, -0.25) is 0 Å². The number of hydrogen-bond donors (Lipinski definition) is 1. The van der Waals surface area contributed by atoms with Crippen molar-refractivity contribution in [3.63, 3.8) is 0 Å². The predicted molar refractivity (Wildman–Crippen MR) is 64.7 cm³/mol. The van der Waals surface area contributed by atoms with Crippen molar-refractivity contribution in [1.29, 1.82) is 0 Å². The molecule has 0 bridgehead atoms. The van der Waals surface area contributed by atoms with Crippen LogP contribution in [0.25, 0.3) is 0 Å². The zero-order chi connectivity index (χ0) is 10.9. The van der Waals surface area contributed by atoms with Crippen LogP contribution in [0.15, 0.2) is 24.3 Å². The third kappa shape index (κ3) is 2.60. The van der Waals surface area contributed by atoms with Crippen LogP contribution in [0.1, 0.15) is 50.8 Å². The van der Waals surface area contributed by atoms with E-state index in [2.05, 4.69) is 50.4 Å². The Morgan fingerprint density at radius 3 is 2.73 bits per heavy atom. The van der Waals surface area contributed by atoms with Gasteiger partial charge in [0.2, 0.25) is 0 Å². The van der Waals surface area contributed by atoms with Gasteiger partial charge in [-0.2, -0.15) is 0 Å². The summed E-state index contributed by atoms with van der Waals surface area (Å²) in [6.07, 6.45) is 2.53. The van der Waals surface area contributed by atoms with Gasteiger partial charge in [-0.25, -0.2) is 0 Å². The van der Waals surface area contributed by atoms with Crippen molar-refractivity contribution in [3.05, 3.63) is 35.4 Å². The second kappa shape index (κ2) is 3.97. The second-order valence-electron chi connectivity index (χ2n) is 5.73. The molecule has 0 saturated heterocycles. The van der Waals surface area contributed by atoms with Crippen LogP contribution in [0.5, 0.6) is 0 Å². The van der Waals surface area contributed by atoms with Crippen LogP contribution in [-0.4, -0.2) is 0 Å². The first kappa shape index (κ1) is 10.7. The molecule has 0 spiro atoms. The molecule has 1 aromatic rings. The Morgan fingerprint density at radius 2 is 2.00 bits per heavy atom. The maximum absolute atomic E-state index is 3.59. The van der Waals surface area contributed by atoms with E-state index in [0.717, 1.165) is 6.54 Å². The summed E-state index contributed by atoms with van der Waals surface area (Å²) in [4.78, 5) is 0. The quantitative estimate of drug-likeness (QED) is 0.773. The Hall–Kier alpha value is -0.820. The molecule has 0 saturated carbocycles. The molecular formula is C14H21N. The van der Waals surface area contributed by atoms with Gasteiger partial charge in [-0.15, -0.1) is 0 Å². The van der Waals surface area contributed by atoms with Crippen molar-refractivity contribution < 1.29 is 0 Å². The summed E-state index contributed by atoms with van der Waals surface area (Å²) in [5.41, 5.74) is 3.44. The van der Waals surface area contributed by atoms with E-state index in [0.29, 0.717) is 11.5 Å². The molecule has 0 aromatic heterocycles. The Balaban J connectivity index is 2.02. The third-order valence-electron chi connectivity index (χ3n) is 3.15. The predicted octanol–water partition coefficient (Wildman–Crippen LogP) is 3.66. The van der Waals surface area contributed by atoms with E-state index >= 15 is 0 Å². The SMILES string of the molecule is CC(C)(C)CCC1NCc2ccccc21. The maximum Gasteiger partial charge on any atom is 0.0326 e. The summed E-state index contributed by atoms with van der Waals surface area (Å²) in [5.74, 6) is 0. The zero-order valence-corrected chi connectivity index (χ0v) is 10.0. The van der Waals surface area contributed by atoms with E-state index in [1.54, 1.807) is 0 Å². The van der Waals surface area contributed by atoms with Crippen molar-refractivity contribution >= 4 is 0 Å². The lowest BCUT2D eigenvalue weighted by molar-refractivity contribution is 0.338. The highest BCUT2D eigenvalue weighted by Crippen LogP contribution is 2.32. The molecule has 1 aliphatic rings. The standard InChI is InChI=1S/C14H21N/c1-14(2,3)9-8-13-12-7-5-4-6-11(12)10-15-13/h4-7,13,15H,8-10H2,1-3H3. The molecule has 0 amide bonds. The first-order valence-electron chi connectivity index (χ1n) is 5.87. The minimum absolute atomic E-state index is 0.444. The molecule has 1 N–H and O–H groups in total. The molecule has 1 aliphatic heterocycles. The fourth-order valence-electron chi connectivity index (χ4n) is 2.21. The topological polar surface area (TPSA) is 12.0 Å². The van der Waals surface area contributed by atoms with Crippen molar-refractivity contribution in [1.82, 2.24) is 5.32 Å². The normalized spacial score (nSPS) is 20.3. The molecule has 1 nitrogen and oxygen atoms in total. The highest BCUT2D eigenvalue weighted by Gasteiger charge is 2.22. The van der Waals surface area contributed by atoms with Gasteiger partial charge in [-0.1, -0.05) is 45.0 Å². The fourth-order valence-corrected chi connectivity index (χ4v) is 2.21. The van der Waals surface area contributed by atoms with Crippen molar-refractivity contribution in [2.24, 2.45) is 5.41 Å². The molecular weight excluding hydrogens is 182 g/mol. The van der Waals surface area contributed by atoms with E-state index in [1.165, 1.54) is 24.0 Å². The summed E-state index contributed by atoms with van der Waals surface area (Å²) in [6.45, 7) is 7.99. The molecule has 1 unspecified atom stereocenters. The Morgan fingerprint density at radius 1 is 1.27 bits per heavy atom. The van der Waals surface area contributed by atoms with Gasteiger partial charge in [-0.05, 0) is 29.4 Å². The Labute approximate surface area is 92.9 Å². The molecule has 0 radical (unpaired) electrons. The maximum atomic E-state index is 3.59. The van der Waals surface area contributed by atoms with Crippen LogP contribution in [0.2, 0.25) is 0 Å². The first-order valence-corrected chi connectivity index (χ1v) is 5.87. The number of hydrogen-bond acceptors (Lipinski definition) is 1. The average molecular weight is 203 g/mol. The van der Waals surface area contributed by atoms with E-state index in [4.69, 9.17) is 0 Å². The largest absolute Gasteiger partial charge is 0.306 e. The van der Waals surface area contributed by atoms with Crippen LogP contribution in [0, 0.1) is 5.41 Å². The van der Waals surface area contributed by atoms with Crippen LogP contribution in [0.4, 0.5) is 0 Å². The molecule has 1 atom stereocenters. The molecule has 1 aromatic carbocycles. The summed E-state index contributed by atoms with van der Waals surface area (Å²) < 4.78 is 0. The van der Waals surface area contributed by atoms with Crippen molar-refractivity contribution in [2.75, 3.05) is 0 Å². The number of benzene rings is 1. The highest BCUT2D eigenvalue weighted by atomic mass is 14.9. The average Bonchev–Trinajstić information content (AvgIpc) is 2.57. The molecule has 82 valence electrons. The van der Waals surface area contributed by atoms with Crippen LogP contribution >= 0.6 is 0 Å². The second-order valence-corrected chi connectivity index (χ2v) is 5.73. The van der Waals surface area contributed by atoms with E-state index < -0.39 is 0 Å². The van der Waals surface area contributed by atoms with Gasteiger partial charge >= 0.3 is 0 Å². The van der Waals surface area contributed by atoms with Crippen molar-refractivity contribution in [2.45, 2.75) is 46.2 Å². The smallest absolute Gasteiger partial charge is 0.0326 e. The Kier molecular flexibility index (Phi) is 2.83. The van der Waals surface area contributed by atoms with Crippen LogP contribution in [0.3, 0.4) is 0 Å². The monoisotopic (exact) mass is 203 g/mol. The molecule has 15 heavy (non-hydrogen) atoms. The van der Waals surface area contributed by atoms with Gasteiger partial charge in [0, 0.05) is 12.6 Å². The van der Waals surface area contributed by atoms with Gasteiger partial charge in [0.25, 0.3) is 0 Å². The molecule has 0 fully saturated rings. The van der Waals surface area contributed by atoms with E-state index in [-0.39, 0.29) is 0 Å². The summed E-state index contributed by atoms with van der Waals surface area (Å²) >= 11 is 0. The van der Waals surface area contributed by atoms with Crippen molar-refractivity contribution in [3.8, 4) is 0 Å². The van der Waals surface area contributed by atoms with Gasteiger partial charge < -0.3 is 5.32 Å². The van der Waals surface area contributed by atoms with Gasteiger partial charge in [0.05, 0.1) is 0 Å². The van der Waals surface area contributed by atoms with Crippen LogP contribution in [-0.2, 0) is 6.54 Å². The minimum Gasteiger partial charge on any atom is -0.306 e. The lowest BCUT2D eigenvalue weighted by Crippen LogP contribution is -2.15. The lowest BCUT2D eigenvalue weighted by atomic mass is 9.87. The minimum atomic E-state index is 0.444. The highest BCUT2D eigenvalue weighted by molar-refractivity contribution is 5.33. The fraction of sp³-hybridized carbons (Fsp3) is 0.571. The summed E-state index contributed by atoms with van der Waals surface area (Å²) in [7, 11) is 0. The van der Waals surface area contributed by atoms with E-state index in [9.17, 15) is 0 Å². The summed E-state index contributed by atoms with van der Waals surface area (Å²) in [6, 6.07) is 9.37. The molecule has 1 heteroatoms. The molecule has 2 rings (SSSR count). The van der Waals surface area contributed by atoms with Gasteiger partial charge in [0.15, 0.2) is 0 Å². The zero-order valence-electron chi connectivity index (χ0n) is 10.0. The third-order valence-corrected chi connectivity index (χ3v) is 3.15. The number of rotatable bonds is 2. The van der Waals surface area contributed by atoms with Crippen LogP contribution < -0.4 is 5.32 Å². The van der Waals surface area contributed by atoms with E-state index in [1.807, 2.05) is 0 Å². The number of nitrogens with one attached hydrogen (secondary N) is 1. The molecule has 1 heterocycles. The molecule has 0 aliphatic carbocycles. The lowest BCUT2D eigenvalue weighted by Gasteiger charge is -2.21.